The highest BCUT2D eigenvalue weighted by atomic mass is 32.1. The fraction of sp³-hybridized carbons (Fsp3) is 0.500. The minimum absolute atomic E-state index is 0.0668. The Hall–Kier alpha value is -2.01. The van der Waals surface area contributed by atoms with Gasteiger partial charge in [0.05, 0.1) is 5.56 Å². The Morgan fingerprint density at radius 1 is 1.11 bits per heavy atom. The molecule has 1 aromatic heterocycles. The van der Waals surface area contributed by atoms with Crippen molar-refractivity contribution in [2.24, 2.45) is 11.3 Å². The fourth-order valence-corrected chi connectivity index (χ4v) is 5.52. The lowest BCUT2D eigenvalue weighted by molar-refractivity contribution is 0.0935. The molecule has 0 bridgehead atoms. The number of hydrogen-bond donors (Lipinski definition) is 2. The molecule has 2 atom stereocenters. The average molecular weight is 384 g/mol. The lowest BCUT2D eigenvalue weighted by atomic mass is 9.72. The molecule has 4 rings (SSSR count). The molecule has 0 saturated carbocycles. The summed E-state index contributed by atoms with van der Waals surface area (Å²) in [7, 11) is 4.06. The molecule has 0 saturated heterocycles. The lowest BCUT2D eigenvalue weighted by Crippen LogP contribution is -2.38. The van der Waals surface area contributed by atoms with Gasteiger partial charge in [-0.15, -0.1) is 11.3 Å². The van der Waals surface area contributed by atoms with Crippen molar-refractivity contribution in [3.8, 4) is 0 Å². The van der Waals surface area contributed by atoms with Crippen LogP contribution in [0.25, 0.3) is 0 Å². The molecule has 2 N–H and O–H groups in total. The summed E-state index contributed by atoms with van der Waals surface area (Å²) in [5.41, 5.74) is 4.72. The maximum atomic E-state index is 12.9. The van der Waals surface area contributed by atoms with E-state index in [1.807, 2.05) is 14.1 Å². The van der Waals surface area contributed by atoms with Crippen LogP contribution in [0.2, 0.25) is 0 Å². The number of hydrogen-bond acceptors (Lipinski definition) is 4. The van der Waals surface area contributed by atoms with E-state index in [1.165, 1.54) is 16.9 Å². The monoisotopic (exact) mass is 383 g/mol. The molecule has 0 radical (unpaired) electrons. The number of anilines is 2. The van der Waals surface area contributed by atoms with Crippen LogP contribution in [0.1, 0.15) is 59.7 Å². The van der Waals surface area contributed by atoms with Gasteiger partial charge in [-0.1, -0.05) is 32.9 Å². The normalized spacial score (nSPS) is 21.7. The highest BCUT2D eigenvalue weighted by molar-refractivity contribution is 7.16. The zero-order valence-electron chi connectivity index (χ0n) is 16.8. The fourth-order valence-electron chi connectivity index (χ4n) is 4.17. The molecule has 2 unspecified atom stereocenters. The molecule has 2 aromatic rings. The largest absolute Gasteiger partial charge is 0.378 e. The van der Waals surface area contributed by atoms with Gasteiger partial charge >= 0.3 is 0 Å². The third kappa shape index (κ3) is 3.33. The first-order valence-corrected chi connectivity index (χ1v) is 10.5. The molecule has 27 heavy (non-hydrogen) atoms. The molecule has 2 heterocycles. The van der Waals surface area contributed by atoms with Gasteiger partial charge in [0.2, 0.25) is 0 Å². The van der Waals surface area contributed by atoms with Crippen molar-refractivity contribution in [1.82, 2.24) is 5.32 Å². The van der Waals surface area contributed by atoms with Gasteiger partial charge in [0, 0.05) is 24.7 Å². The van der Waals surface area contributed by atoms with Crippen LogP contribution in [0.5, 0.6) is 0 Å². The SMILES string of the molecule is CN(C)c1ccc(C2NC(=O)c3c(sc4c3CCC(C(C)(C)C)C4)N2)cc1. The third-order valence-electron chi connectivity index (χ3n) is 6.01. The molecule has 1 amide bonds. The van der Waals surface area contributed by atoms with Gasteiger partial charge in [-0.3, -0.25) is 4.79 Å². The summed E-state index contributed by atoms with van der Waals surface area (Å²) in [5, 5.41) is 7.78. The summed E-state index contributed by atoms with van der Waals surface area (Å²) in [5.74, 6) is 0.750. The Morgan fingerprint density at radius 2 is 1.81 bits per heavy atom. The number of amides is 1. The average Bonchev–Trinajstić information content (AvgIpc) is 2.99. The van der Waals surface area contributed by atoms with Crippen LogP contribution in [-0.4, -0.2) is 20.0 Å². The van der Waals surface area contributed by atoms with Gasteiger partial charge in [0.1, 0.15) is 11.2 Å². The first-order valence-electron chi connectivity index (χ1n) is 9.73. The minimum atomic E-state index is -0.167. The lowest BCUT2D eigenvalue weighted by Gasteiger charge is -2.34. The van der Waals surface area contributed by atoms with Crippen LogP contribution in [0.3, 0.4) is 0 Å². The standard InChI is InChI=1S/C22H29N3OS/c1-22(2,3)14-8-11-16-17(12-14)27-21-18(16)20(26)23-19(24-21)13-6-9-15(10-7-13)25(4)5/h6-7,9-10,14,19,24H,8,11-12H2,1-5H3,(H,23,26). The summed E-state index contributed by atoms with van der Waals surface area (Å²) < 4.78 is 0. The minimum Gasteiger partial charge on any atom is -0.378 e. The number of thiophene rings is 1. The zero-order valence-corrected chi connectivity index (χ0v) is 17.7. The number of nitrogens with one attached hydrogen (secondary N) is 2. The second kappa shape index (κ2) is 6.55. The Balaban J connectivity index is 1.60. The Kier molecular flexibility index (Phi) is 4.46. The summed E-state index contributed by atoms with van der Waals surface area (Å²) in [6.07, 6.45) is 3.11. The van der Waals surface area contributed by atoms with Crippen molar-refractivity contribution in [3.63, 3.8) is 0 Å². The molecule has 4 nitrogen and oxygen atoms in total. The smallest absolute Gasteiger partial charge is 0.256 e. The number of benzene rings is 1. The van der Waals surface area contributed by atoms with E-state index in [0.29, 0.717) is 11.3 Å². The maximum Gasteiger partial charge on any atom is 0.256 e. The van der Waals surface area contributed by atoms with Crippen LogP contribution < -0.4 is 15.5 Å². The molecule has 1 aliphatic carbocycles. The summed E-state index contributed by atoms with van der Waals surface area (Å²) in [6, 6.07) is 8.35. The van der Waals surface area contributed by atoms with Gasteiger partial charge in [-0.2, -0.15) is 0 Å². The molecular weight excluding hydrogens is 354 g/mol. The van der Waals surface area contributed by atoms with E-state index in [2.05, 4.69) is 60.6 Å². The van der Waals surface area contributed by atoms with E-state index >= 15 is 0 Å². The number of rotatable bonds is 2. The molecule has 5 heteroatoms. The molecule has 144 valence electrons. The van der Waals surface area contributed by atoms with E-state index < -0.39 is 0 Å². The number of carbonyl (C=O) groups excluding carboxylic acids is 1. The maximum absolute atomic E-state index is 12.9. The summed E-state index contributed by atoms with van der Waals surface area (Å²) >= 11 is 1.79. The highest BCUT2D eigenvalue weighted by Crippen LogP contribution is 2.46. The number of nitrogens with zero attached hydrogens (tertiary/aromatic N) is 1. The van der Waals surface area contributed by atoms with Crippen molar-refractivity contribution in [2.75, 3.05) is 24.3 Å². The van der Waals surface area contributed by atoms with Crippen LogP contribution in [0.4, 0.5) is 10.7 Å². The predicted molar refractivity (Wildman–Crippen MR) is 114 cm³/mol. The Morgan fingerprint density at radius 3 is 2.44 bits per heavy atom. The molecular formula is C22H29N3OS. The third-order valence-corrected chi connectivity index (χ3v) is 7.20. The zero-order chi connectivity index (χ0) is 19.3. The van der Waals surface area contributed by atoms with Crippen molar-refractivity contribution in [1.29, 1.82) is 0 Å². The quantitative estimate of drug-likeness (QED) is 0.781. The van der Waals surface area contributed by atoms with E-state index in [-0.39, 0.29) is 12.1 Å². The second-order valence-corrected chi connectivity index (χ2v) is 10.2. The number of fused-ring (bicyclic) bond motifs is 3. The van der Waals surface area contributed by atoms with Gasteiger partial charge in [0.15, 0.2) is 0 Å². The van der Waals surface area contributed by atoms with Gasteiger partial charge in [-0.05, 0) is 53.9 Å². The molecule has 0 spiro atoms. The van der Waals surface area contributed by atoms with Crippen LogP contribution in [-0.2, 0) is 12.8 Å². The summed E-state index contributed by atoms with van der Waals surface area (Å²) in [6.45, 7) is 6.98. The van der Waals surface area contributed by atoms with Gasteiger partial charge in [0.25, 0.3) is 5.91 Å². The second-order valence-electron chi connectivity index (χ2n) is 9.05. The van der Waals surface area contributed by atoms with Crippen LogP contribution in [0, 0.1) is 11.3 Å². The van der Waals surface area contributed by atoms with E-state index in [4.69, 9.17) is 0 Å². The van der Waals surface area contributed by atoms with E-state index in [0.717, 1.165) is 34.7 Å². The predicted octanol–water partition coefficient (Wildman–Crippen LogP) is 4.82. The van der Waals surface area contributed by atoms with Crippen molar-refractivity contribution >= 4 is 27.9 Å². The molecule has 0 fully saturated rings. The molecule has 1 aliphatic heterocycles. The molecule has 1 aromatic carbocycles. The van der Waals surface area contributed by atoms with E-state index in [1.54, 1.807) is 11.3 Å². The van der Waals surface area contributed by atoms with Crippen molar-refractivity contribution in [3.05, 3.63) is 45.8 Å². The van der Waals surface area contributed by atoms with Crippen LogP contribution >= 0.6 is 11.3 Å². The Labute approximate surface area is 166 Å². The highest BCUT2D eigenvalue weighted by Gasteiger charge is 2.36. The first kappa shape index (κ1) is 18.4. The first-order chi connectivity index (χ1) is 12.7. The van der Waals surface area contributed by atoms with Crippen molar-refractivity contribution < 1.29 is 4.79 Å². The van der Waals surface area contributed by atoms with Gasteiger partial charge in [-0.25, -0.2) is 0 Å². The topological polar surface area (TPSA) is 44.4 Å². The van der Waals surface area contributed by atoms with E-state index in [9.17, 15) is 4.79 Å². The van der Waals surface area contributed by atoms with Crippen LogP contribution in [0.15, 0.2) is 24.3 Å². The summed E-state index contributed by atoms with van der Waals surface area (Å²) in [4.78, 5) is 16.4. The Bertz CT molecular complexity index is 861. The molecule has 2 aliphatic rings. The number of carbonyl (C=O) groups is 1. The van der Waals surface area contributed by atoms with Crippen molar-refractivity contribution in [2.45, 2.75) is 46.2 Å². The van der Waals surface area contributed by atoms with Gasteiger partial charge < -0.3 is 15.5 Å².